The van der Waals surface area contributed by atoms with Crippen molar-refractivity contribution in [3.8, 4) is 30.0 Å². The zero-order chi connectivity index (χ0) is 23.1. The minimum atomic E-state index is -0.589. The predicted octanol–water partition coefficient (Wildman–Crippen LogP) is 3.72. The molecule has 0 radical (unpaired) electrons. The lowest BCUT2D eigenvalue weighted by Gasteiger charge is -2.13. The zero-order valence-corrected chi connectivity index (χ0v) is 17.3. The molecule has 0 fully saturated rings. The number of rotatable bonds is 6. The molecular weight excluding hydrogens is 406 g/mol. The minimum absolute atomic E-state index is 0.0705. The highest BCUT2D eigenvalue weighted by atomic mass is 16.5. The van der Waals surface area contributed by atoms with Crippen molar-refractivity contribution in [2.45, 2.75) is 20.4 Å². The van der Waals surface area contributed by atoms with Crippen LogP contribution in [0.1, 0.15) is 22.3 Å². The topological polar surface area (TPSA) is 140 Å². The molecule has 0 aliphatic carbocycles. The first-order valence-corrected chi connectivity index (χ1v) is 9.43. The Morgan fingerprint density at radius 1 is 1.12 bits per heavy atom. The average Bonchev–Trinajstić information content (AvgIpc) is 2.78. The van der Waals surface area contributed by atoms with E-state index in [1.165, 1.54) is 6.08 Å². The van der Waals surface area contributed by atoms with Crippen molar-refractivity contribution in [1.29, 1.82) is 15.8 Å². The van der Waals surface area contributed by atoms with E-state index in [9.17, 15) is 4.79 Å². The van der Waals surface area contributed by atoms with Gasteiger partial charge in [-0.1, -0.05) is 0 Å². The first kappa shape index (κ1) is 21.8. The molecule has 32 heavy (non-hydrogen) atoms. The van der Waals surface area contributed by atoms with Crippen molar-refractivity contribution in [3.63, 3.8) is 0 Å². The van der Waals surface area contributed by atoms with E-state index in [0.29, 0.717) is 17.0 Å². The van der Waals surface area contributed by atoms with E-state index >= 15 is 0 Å². The second-order valence-corrected chi connectivity index (χ2v) is 6.73. The monoisotopic (exact) mass is 423 g/mol. The second-order valence-electron chi connectivity index (χ2n) is 6.73. The van der Waals surface area contributed by atoms with Crippen LogP contribution in [-0.2, 0) is 6.54 Å². The number of benzene rings is 2. The Balaban J connectivity index is 1.99. The summed E-state index contributed by atoms with van der Waals surface area (Å²) in [5.41, 5.74) is 2.83. The van der Waals surface area contributed by atoms with Gasteiger partial charge in [0.2, 0.25) is 5.82 Å². The summed E-state index contributed by atoms with van der Waals surface area (Å²) in [6.07, 6.45) is 3.07. The lowest BCUT2D eigenvalue weighted by molar-refractivity contribution is 0.410. The standard InChI is InChI=1S/C23H17N7O2/c1-15-12-18(4-3-9-24)13-16(2)20(15)32-23-28-21(22(31)30(29-23)11-10-25)27-19-7-5-17(14-26)6-8-19/h3-8,12-13H,11H2,1-2H3,(H,27,28,29). The van der Waals surface area contributed by atoms with Crippen LogP contribution in [0, 0.1) is 47.8 Å². The molecule has 9 heteroatoms. The third kappa shape index (κ3) is 4.96. The molecule has 1 N–H and O–H groups in total. The fourth-order valence-corrected chi connectivity index (χ4v) is 2.97. The van der Waals surface area contributed by atoms with Crippen molar-refractivity contribution in [2.24, 2.45) is 0 Å². The van der Waals surface area contributed by atoms with Crippen LogP contribution in [0.3, 0.4) is 0 Å². The lowest BCUT2D eigenvalue weighted by Crippen LogP contribution is -2.26. The van der Waals surface area contributed by atoms with Crippen LogP contribution in [0.4, 0.5) is 11.5 Å². The molecule has 3 rings (SSSR count). The number of hydrogen-bond acceptors (Lipinski definition) is 8. The van der Waals surface area contributed by atoms with Crippen LogP contribution in [0.25, 0.3) is 6.08 Å². The van der Waals surface area contributed by atoms with Gasteiger partial charge in [0.25, 0.3) is 0 Å². The number of allylic oxidation sites excluding steroid dienone is 1. The van der Waals surface area contributed by atoms with Crippen molar-refractivity contribution in [3.05, 3.63) is 75.1 Å². The van der Waals surface area contributed by atoms with Gasteiger partial charge in [0, 0.05) is 11.8 Å². The van der Waals surface area contributed by atoms with Gasteiger partial charge in [-0.25, -0.2) is 4.68 Å². The van der Waals surface area contributed by atoms with Gasteiger partial charge < -0.3 is 10.1 Å². The van der Waals surface area contributed by atoms with Crippen LogP contribution in [-0.4, -0.2) is 14.8 Å². The van der Waals surface area contributed by atoms with E-state index in [-0.39, 0.29) is 18.4 Å². The van der Waals surface area contributed by atoms with Crippen LogP contribution in [0.2, 0.25) is 0 Å². The van der Waals surface area contributed by atoms with E-state index in [4.69, 9.17) is 20.5 Å². The predicted molar refractivity (Wildman–Crippen MR) is 117 cm³/mol. The van der Waals surface area contributed by atoms with Gasteiger partial charge in [-0.15, -0.1) is 5.10 Å². The Morgan fingerprint density at radius 2 is 1.81 bits per heavy atom. The molecule has 0 aliphatic heterocycles. The van der Waals surface area contributed by atoms with Gasteiger partial charge in [0.05, 0.1) is 23.8 Å². The molecule has 9 nitrogen and oxygen atoms in total. The van der Waals surface area contributed by atoms with E-state index in [1.807, 2.05) is 44.2 Å². The largest absolute Gasteiger partial charge is 0.423 e. The summed E-state index contributed by atoms with van der Waals surface area (Å²) in [7, 11) is 0. The normalized spacial score (nSPS) is 10.2. The molecule has 0 atom stereocenters. The van der Waals surface area contributed by atoms with Gasteiger partial charge in [-0.2, -0.15) is 20.8 Å². The van der Waals surface area contributed by atoms with E-state index < -0.39 is 5.56 Å². The Bertz CT molecular complexity index is 1340. The Labute approximate surface area is 184 Å². The van der Waals surface area contributed by atoms with E-state index in [1.54, 1.807) is 30.3 Å². The smallest absolute Gasteiger partial charge is 0.341 e. The van der Waals surface area contributed by atoms with Gasteiger partial charge in [-0.3, -0.25) is 4.79 Å². The molecule has 0 unspecified atom stereocenters. The SMILES string of the molecule is Cc1cc(C=CC#N)cc(C)c1Oc1nc(Nc2ccc(C#N)cc2)c(=O)n(CC#N)n1. The summed E-state index contributed by atoms with van der Waals surface area (Å²) in [5, 5.41) is 33.6. The first-order valence-electron chi connectivity index (χ1n) is 9.43. The fraction of sp³-hybridized carbons (Fsp3) is 0.130. The molecule has 1 heterocycles. The van der Waals surface area contributed by atoms with E-state index in [2.05, 4.69) is 15.4 Å². The maximum Gasteiger partial charge on any atom is 0.341 e. The van der Waals surface area contributed by atoms with Gasteiger partial charge in [0.15, 0.2) is 0 Å². The number of nitriles is 3. The maximum atomic E-state index is 12.7. The summed E-state index contributed by atoms with van der Waals surface area (Å²) in [5.74, 6) is 0.435. The summed E-state index contributed by atoms with van der Waals surface area (Å²) in [6, 6.07) is 15.9. The number of anilines is 2. The molecule has 0 amide bonds. The first-order chi connectivity index (χ1) is 15.4. The van der Waals surface area contributed by atoms with Crippen LogP contribution in [0.15, 0.2) is 47.3 Å². The molecule has 1 aromatic heterocycles. The molecular formula is C23H17N7O2. The second kappa shape index (κ2) is 9.71. The van der Waals surface area contributed by atoms with Crippen LogP contribution in [0.5, 0.6) is 11.8 Å². The summed E-state index contributed by atoms with van der Waals surface area (Å²) < 4.78 is 6.85. The highest BCUT2D eigenvalue weighted by Gasteiger charge is 2.15. The molecule has 3 aromatic rings. The van der Waals surface area contributed by atoms with Gasteiger partial charge >= 0.3 is 11.6 Å². The zero-order valence-electron chi connectivity index (χ0n) is 17.3. The van der Waals surface area contributed by atoms with Crippen LogP contribution < -0.4 is 15.6 Å². The molecule has 0 saturated heterocycles. The highest BCUT2D eigenvalue weighted by Crippen LogP contribution is 2.29. The van der Waals surface area contributed by atoms with Gasteiger partial charge in [0.1, 0.15) is 12.3 Å². The van der Waals surface area contributed by atoms with Crippen LogP contribution >= 0.6 is 0 Å². The molecule has 2 aromatic carbocycles. The third-order valence-electron chi connectivity index (χ3n) is 4.37. The maximum absolute atomic E-state index is 12.7. The van der Waals surface area contributed by atoms with Crippen molar-refractivity contribution in [1.82, 2.24) is 14.8 Å². The van der Waals surface area contributed by atoms with Crippen molar-refractivity contribution >= 4 is 17.6 Å². The molecule has 0 spiro atoms. The number of nitrogens with zero attached hydrogens (tertiary/aromatic N) is 6. The molecule has 0 saturated carbocycles. The Kier molecular flexibility index (Phi) is 6.60. The average molecular weight is 423 g/mol. The fourth-order valence-electron chi connectivity index (χ4n) is 2.97. The Morgan fingerprint density at radius 3 is 2.41 bits per heavy atom. The molecule has 156 valence electrons. The third-order valence-corrected chi connectivity index (χ3v) is 4.37. The Hall–Kier alpha value is -4.94. The molecule has 0 aliphatic rings. The molecule has 0 bridgehead atoms. The summed E-state index contributed by atoms with van der Waals surface area (Å²) in [6.45, 7) is 3.40. The van der Waals surface area contributed by atoms with Crippen molar-refractivity contribution in [2.75, 3.05) is 5.32 Å². The number of aryl methyl sites for hydroxylation is 2. The highest BCUT2D eigenvalue weighted by molar-refractivity contribution is 5.59. The summed E-state index contributed by atoms with van der Waals surface area (Å²) in [4.78, 5) is 16.8. The van der Waals surface area contributed by atoms with Crippen molar-refractivity contribution < 1.29 is 4.74 Å². The summed E-state index contributed by atoms with van der Waals surface area (Å²) >= 11 is 0. The number of aromatic nitrogens is 3. The number of ether oxygens (including phenoxy) is 1. The minimum Gasteiger partial charge on any atom is -0.423 e. The number of nitrogens with one attached hydrogen (secondary N) is 1. The quantitative estimate of drug-likeness (QED) is 0.591. The number of hydrogen-bond donors (Lipinski definition) is 1. The van der Waals surface area contributed by atoms with Gasteiger partial charge in [-0.05, 0) is 73.0 Å². The van der Waals surface area contributed by atoms with E-state index in [0.717, 1.165) is 21.4 Å². The lowest BCUT2D eigenvalue weighted by atomic mass is 10.1.